The molecule has 0 bridgehead atoms. The Morgan fingerprint density at radius 3 is 2.38 bits per heavy atom. The molecule has 0 heterocycles. The lowest BCUT2D eigenvalue weighted by molar-refractivity contribution is -0.149. The number of hydrogen-bond donors (Lipinski definition) is 1. The number of ether oxygens (including phenoxy) is 2. The summed E-state index contributed by atoms with van der Waals surface area (Å²) >= 11 is 0. The fraction of sp³-hybridized carbons (Fsp3) is 0.250. The first kappa shape index (κ1) is 19.2. The van der Waals surface area contributed by atoms with Gasteiger partial charge in [-0.05, 0) is 43.2 Å². The summed E-state index contributed by atoms with van der Waals surface area (Å²) < 4.78 is 10.2. The zero-order valence-electron chi connectivity index (χ0n) is 14.8. The zero-order chi connectivity index (χ0) is 18.9. The highest BCUT2D eigenvalue weighted by Gasteiger charge is 2.10. The predicted molar refractivity (Wildman–Crippen MR) is 97.4 cm³/mol. The minimum absolute atomic E-state index is 0.100. The van der Waals surface area contributed by atoms with Crippen LogP contribution in [0.3, 0.4) is 0 Å². The number of anilines is 1. The van der Waals surface area contributed by atoms with E-state index in [0.717, 1.165) is 6.42 Å². The Morgan fingerprint density at radius 1 is 1.00 bits per heavy atom. The number of nitrogens with one attached hydrogen (secondary N) is 1. The van der Waals surface area contributed by atoms with Crippen LogP contribution in [0.15, 0.2) is 48.5 Å². The molecule has 2 rings (SSSR count). The number of carbonyl (C=O) groups is 3. The first-order valence-corrected chi connectivity index (χ1v) is 8.26. The molecule has 0 aliphatic heterocycles. The molecule has 0 saturated heterocycles. The predicted octanol–water partition coefficient (Wildman–Crippen LogP) is 3.01. The maximum Gasteiger partial charge on any atom is 0.344 e. The van der Waals surface area contributed by atoms with E-state index in [-0.39, 0.29) is 12.4 Å². The third-order valence-corrected chi connectivity index (χ3v) is 3.61. The molecule has 26 heavy (non-hydrogen) atoms. The summed E-state index contributed by atoms with van der Waals surface area (Å²) in [6.45, 7) is 2.78. The third-order valence-electron chi connectivity index (χ3n) is 3.61. The smallest absolute Gasteiger partial charge is 0.344 e. The maximum atomic E-state index is 11.8. The van der Waals surface area contributed by atoms with Crippen molar-refractivity contribution in [3.8, 4) is 5.75 Å². The van der Waals surface area contributed by atoms with Crippen LogP contribution in [-0.2, 0) is 20.7 Å². The molecule has 0 aliphatic rings. The van der Waals surface area contributed by atoms with Crippen LogP contribution in [0.1, 0.15) is 29.8 Å². The number of esters is 1. The van der Waals surface area contributed by atoms with Crippen LogP contribution < -0.4 is 10.1 Å². The summed E-state index contributed by atoms with van der Waals surface area (Å²) in [4.78, 5) is 34.8. The molecule has 0 aliphatic carbocycles. The summed E-state index contributed by atoms with van der Waals surface area (Å²) in [5.74, 6) is -0.676. The normalized spacial score (nSPS) is 10.1. The van der Waals surface area contributed by atoms with Crippen molar-refractivity contribution in [3.63, 3.8) is 0 Å². The molecular weight excluding hydrogens is 334 g/mol. The van der Waals surface area contributed by atoms with Crippen molar-refractivity contribution in [1.82, 2.24) is 0 Å². The van der Waals surface area contributed by atoms with Gasteiger partial charge in [0, 0.05) is 11.3 Å². The van der Waals surface area contributed by atoms with Gasteiger partial charge in [0.2, 0.25) is 0 Å². The van der Waals surface area contributed by atoms with Gasteiger partial charge in [-0.3, -0.25) is 9.59 Å². The van der Waals surface area contributed by atoms with Crippen LogP contribution in [0.4, 0.5) is 5.69 Å². The van der Waals surface area contributed by atoms with E-state index < -0.39 is 18.5 Å². The van der Waals surface area contributed by atoms with Gasteiger partial charge in [-0.1, -0.05) is 31.2 Å². The van der Waals surface area contributed by atoms with E-state index in [1.165, 1.54) is 12.5 Å². The van der Waals surface area contributed by atoms with Crippen LogP contribution in [0.2, 0.25) is 0 Å². The van der Waals surface area contributed by atoms with Crippen LogP contribution in [-0.4, -0.2) is 30.9 Å². The fourth-order valence-corrected chi connectivity index (χ4v) is 2.16. The molecule has 1 N–H and O–H groups in total. The second-order valence-corrected chi connectivity index (χ2v) is 5.63. The molecule has 0 fully saturated rings. The Bertz CT molecular complexity index is 783. The Kier molecular flexibility index (Phi) is 6.91. The highest BCUT2D eigenvalue weighted by atomic mass is 16.6. The Morgan fingerprint density at radius 2 is 1.73 bits per heavy atom. The Balaban J connectivity index is 1.75. The number of rotatable bonds is 8. The standard InChI is InChI=1S/C20H21NO5/c1-3-15-7-9-18(10-8-15)25-13-20(24)26-12-19(23)21-17-6-4-5-16(11-17)14(2)22/h4-11H,3,12-13H2,1-2H3,(H,21,23). The van der Waals surface area contributed by atoms with Crippen molar-refractivity contribution in [2.75, 3.05) is 18.5 Å². The summed E-state index contributed by atoms with van der Waals surface area (Å²) in [5, 5.41) is 2.57. The van der Waals surface area contributed by atoms with E-state index in [4.69, 9.17) is 9.47 Å². The van der Waals surface area contributed by atoms with E-state index in [2.05, 4.69) is 12.2 Å². The molecule has 2 aromatic carbocycles. The van der Waals surface area contributed by atoms with Crippen LogP contribution in [0, 0.1) is 0 Å². The SMILES string of the molecule is CCc1ccc(OCC(=O)OCC(=O)Nc2cccc(C(C)=O)c2)cc1. The molecule has 2 aromatic rings. The molecule has 6 nitrogen and oxygen atoms in total. The highest BCUT2D eigenvalue weighted by molar-refractivity contribution is 5.97. The lowest BCUT2D eigenvalue weighted by Gasteiger charge is -2.09. The number of carbonyl (C=O) groups excluding carboxylic acids is 3. The molecule has 0 aromatic heterocycles. The van der Waals surface area contributed by atoms with Gasteiger partial charge in [-0.25, -0.2) is 4.79 Å². The first-order chi connectivity index (χ1) is 12.5. The van der Waals surface area contributed by atoms with Crippen molar-refractivity contribution >= 4 is 23.3 Å². The lowest BCUT2D eigenvalue weighted by atomic mass is 10.1. The maximum absolute atomic E-state index is 11.8. The first-order valence-electron chi connectivity index (χ1n) is 8.26. The van der Waals surface area contributed by atoms with Gasteiger partial charge in [-0.2, -0.15) is 0 Å². The summed E-state index contributed by atoms with van der Waals surface area (Å²) in [6, 6.07) is 13.9. The fourth-order valence-electron chi connectivity index (χ4n) is 2.16. The van der Waals surface area contributed by atoms with Gasteiger partial charge in [0.05, 0.1) is 0 Å². The number of amides is 1. The van der Waals surface area contributed by atoms with Gasteiger partial charge in [0.25, 0.3) is 5.91 Å². The summed E-state index contributed by atoms with van der Waals surface area (Å²) in [5.41, 5.74) is 2.12. The molecule has 0 unspecified atom stereocenters. The second-order valence-electron chi connectivity index (χ2n) is 5.63. The molecule has 0 saturated carbocycles. The second kappa shape index (κ2) is 9.36. The number of hydrogen-bond acceptors (Lipinski definition) is 5. The molecule has 6 heteroatoms. The van der Waals surface area contributed by atoms with Gasteiger partial charge in [-0.15, -0.1) is 0 Å². The van der Waals surface area contributed by atoms with Crippen molar-refractivity contribution < 1.29 is 23.9 Å². The molecule has 136 valence electrons. The number of ketones is 1. The van der Waals surface area contributed by atoms with E-state index in [9.17, 15) is 14.4 Å². The van der Waals surface area contributed by atoms with E-state index in [1.807, 2.05) is 12.1 Å². The van der Waals surface area contributed by atoms with Crippen LogP contribution in [0.5, 0.6) is 5.75 Å². The number of aryl methyl sites for hydroxylation is 1. The average molecular weight is 355 g/mol. The van der Waals surface area contributed by atoms with Gasteiger partial charge >= 0.3 is 5.97 Å². The molecule has 1 amide bonds. The van der Waals surface area contributed by atoms with Crippen molar-refractivity contribution in [1.29, 1.82) is 0 Å². The van der Waals surface area contributed by atoms with E-state index >= 15 is 0 Å². The van der Waals surface area contributed by atoms with Crippen molar-refractivity contribution in [2.24, 2.45) is 0 Å². The molecular formula is C20H21NO5. The average Bonchev–Trinajstić information content (AvgIpc) is 2.65. The monoisotopic (exact) mass is 355 g/mol. The topological polar surface area (TPSA) is 81.7 Å². The lowest BCUT2D eigenvalue weighted by Crippen LogP contribution is -2.23. The molecule has 0 atom stereocenters. The number of Topliss-reactive ketones (excluding diaryl/α,β-unsaturated/α-hetero) is 1. The molecule has 0 radical (unpaired) electrons. The minimum Gasteiger partial charge on any atom is -0.482 e. The van der Waals surface area contributed by atoms with Crippen molar-refractivity contribution in [2.45, 2.75) is 20.3 Å². The largest absolute Gasteiger partial charge is 0.482 e. The molecule has 0 spiro atoms. The van der Waals surface area contributed by atoms with E-state index in [1.54, 1.807) is 36.4 Å². The zero-order valence-corrected chi connectivity index (χ0v) is 14.8. The highest BCUT2D eigenvalue weighted by Crippen LogP contribution is 2.13. The van der Waals surface area contributed by atoms with Gasteiger partial charge < -0.3 is 14.8 Å². The quantitative estimate of drug-likeness (QED) is 0.581. The summed E-state index contributed by atoms with van der Waals surface area (Å²) in [7, 11) is 0. The van der Waals surface area contributed by atoms with Crippen LogP contribution >= 0.6 is 0 Å². The Labute approximate surface area is 152 Å². The summed E-state index contributed by atoms with van der Waals surface area (Å²) in [6.07, 6.45) is 0.923. The van der Waals surface area contributed by atoms with E-state index in [0.29, 0.717) is 17.0 Å². The van der Waals surface area contributed by atoms with Gasteiger partial charge in [0.15, 0.2) is 19.0 Å². The minimum atomic E-state index is -0.641. The third kappa shape index (κ3) is 6.05. The van der Waals surface area contributed by atoms with Crippen molar-refractivity contribution in [3.05, 3.63) is 59.7 Å². The van der Waals surface area contributed by atoms with Crippen LogP contribution in [0.25, 0.3) is 0 Å². The van der Waals surface area contributed by atoms with Gasteiger partial charge in [0.1, 0.15) is 5.75 Å². The Hall–Kier alpha value is -3.15. The number of benzene rings is 2.